The van der Waals surface area contributed by atoms with Crippen LogP contribution < -0.4 is 10.9 Å². The number of aromatic amines is 1. The van der Waals surface area contributed by atoms with E-state index in [2.05, 4.69) is 36.5 Å². The monoisotopic (exact) mass is 417 g/mol. The summed E-state index contributed by atoms with van der Waals surface area (Å²) >= 11 is 3.19. The van der Waals surface area contributed by atoms with Gasteiger partial charge in [0.25, 0.3) is 5.56 Å². The molecule has 0 radical (unpaired) electrons. The molecule has 0 bridgehead atoms. The second-order valence-electron chi connectivity index (χ2n) is 6.02. The average molecular weight is 418 g/mol. The number of halogens is 2. The smallest absolute Gasteiger partial charge is 0.264 e. The summed E-state index contributed by atoms with van der Waals surface area (Å²) in [4.78, 5) is 23.5. The van der Waals surface area contributed by atoms with Crippen LogP contribution in [0.5, 0.6) is 0 Å². The first-order valence-electron chi connectivity index (χ1n) is 7.84. The largest absolute Gasteiger partial charge is 0.310 e. The topological polar surface area (TPSA) is 92.7 Å². The minimum atomic E-state index is -0.362. The lowest BCUT2D eigenvalue weighted by Crippen LogP contribution is -2.25. The van der Waals surface area contributed by atoms with Gasteiger partial charge in [-0.2, -0.15) is 14.9 Å². The Morgan fingerprint density at radius 2 is 2.08 bits per heavy atom. The van der Waals surface area contributed by atoms with Crippen molar-refractivity contribution in [3.8, 4) is 5.82 Å². The molecule has 1 amide bonds. The molecule has 9 heteroatoms. The first kappa shape index (κ1) is 16.6. The highest BCUT2D eigenvalue weighted by atomic mass is 79.9. The molecule has 1 aliphatic heterocycles. The van der Waals surface area contributed by atoms with Crippen molar-refractivity contribution in [1.82, 2.24) is 20.0 Å². The zero-order chi connectivity index (χ0) is 18.4. The van der Waals surface area contributed by atoms with E-state index in [0.29, 0.717) is 16.1 Å². The first-order valence-corrected chi connectivity index (χ1v) is 8.64. The zero-order valence-corrected chi connectivity index (χ0v) is 15.2. The van der Waals surface area contributed by atoms with Gasteiger partial charge in [0.1, 0.15) is 11.6 Å². The predicted octanol–water partition coefficient (Wildman–Crippen LogP) is 2.64. The Morgan fingerprint density at radius 1 is 1.27 bits per heavy atom. The third kappa shape index (κ3) is 2.74. The maximum Gasteiger partial charge on any atom is 0.264 e. The molecule has 3 aromatic rings. The van der Waals surface area contributed by atoms with Gasteiger partial charge < -0.3 is 5.32 Å². The molecule has 0 fully saturated rings. The van der Waals surface area contributed by atoms with E-state index in [1.807, 2.05) is 6.92 Å². The number of H-pyrrole nitrogens is 1. The van der Waals surface area contributed by atoms with Gasteiger partial charge in [-0.1, -0.05) is 6.07 Å². The van der Waals surface area contributed by atoms with Crippen LogP contribution in [0.25, 0.3) is 5.82 Å². The molecule has 26 heavy (non-hydrogen) atoms. The fourth-order valence-electron chi connectivity index (χ4n) is 3.18. The molecule has 2 aromatic heterocycles. The molecule has 4 rings (SSSR count). The second-order valence-corrected chi connectivity index (χ2v) is 6.87. The van der Waals surface area contributed by atoms with E-state index in [1.54, 1.807) is 12.1 Å². The minimum Gasteiger partial charge on any atom is -0.310 e. The Hall–Kier alpha value is -2.81. The number of hydrogen-bond acceptors (Lipinski definition) is 4. The number of aromatic nitrogens is 4. The van der Waals surface area contributed by atoms with Crippen molar-refractivity contribution in [3.63, 3.8) is 0 Å². The highest BCUT2D eigenvalue weighted by Gasteiger charge is 2.33. The predicted molar refractivity (Wildman–Crippen MR) is 95.9 cm³/mol. The van der Waals surface area contributed by atoms with Crippen LogP contribution in [0, 0.1) is 12.7 Å². The second kappa shape index (κ2) is 6.17. The molecular weight excluding hydrogens is 405 g/mol. The minimum absolute atomic E-state index is 0.173. The number of anilines is 1. The third-order valence-electron chi connectivity index (χ3n) is 4.33. The summed E-state index contributed by atoms with van der Waals surface area (Å²) in [6, 6.07) is 7.58. The van der Waals surface area contributed by atoms with Gasteiger partial charge in [-0.3, -0.25) is 9.59 Å². The van der Waals surface area contributed by atoms with Crippen LogP contribution in [0.3, 0.4) is 0 Å². The Kier molecular flexibility index (Phi) is 3.95. The van der Waals surface area contributed by atoms with E-state index in [9.17, 15) is 14.0 Å². The van der Waals surface area contributed by atoms with E-state index in [1.165, 1.54) is 22.9 Å². The van der Waals surface area contributed by atoms with Crippen molar-refractivity contribution in [1.29, 1.82) is 0 Å². The third-order valence-corrected chi connectivity index (χ3v) is 4.94. The number of carbonyl (C=O) groups is 1. The Morgan fingerprint density at radius 3 is 2.77 bits per heavy atom. The number of nitrogens with one attached hydrogen (secondary N) is 2. The first-order chi connectivity index (χ1) is 12.4. The van der Waals surface area contributed by atoms with Crippen LogP contribution >= 0.6 is 15.9 Å². The maximum atomic E-state index is 13.6. The molecule has 7 nitrogen and oxygen atoms in total. The number of aryl methyl sites for hydroxylation is 1. The molecule has 0 saturated heterocycles. The average Bonchev–Trinajstić information content (AvgIpc) is 2.94. The number of benzene rings is 1. The van der Waals surface area contributed by atoms with E-state index >= 15 is 0 Å². The van der Waals surface area contributed by atoms with E-state index < -0.39 is 0 Å². The summed E-state index contributed by atoms with van der Waals surface area (Å²) in [5, 5.41) is 13.6. The van der Waals surface area contributed by atoms with Crippen molar-refractivity contribution in [2.45, 2.75) is 19.3 Å². The summed E-state index contributed by atoms with van der Waals surface area (Å²) in [6.45, 7) is 1.84. The zero-order valence-electron chi connectivity index (χ0n) is 13.6. The Balaban J connectivity index is 1.88. The van der Waals surface area contributed by atoms with Gasteiger partial charge in [-0.15, -0.1) is 0 Å². The van der Waals surface area contributed by atoms with Crippen molar-refractivity contribution >= 4 is 27.7 Å². The van der Waals surface area contributed by atoms with E-state index in [4.69, 9.17) is 0 Å². The molecule has 3 heterocycles. The van der Waals surface area contributed by atoms with E-state index in [-0.39, 0.29) is 29.6 Å². The number of hydrogen-bond donors (Lipinski definition) is 2. The number of carbonyl (C=O) groups excluding carboxylic acids is 1. The molecule has 1 aliphatic rings. The Labute approximate surface area is 155 Å². The normalized spacial score (nSPS) is 16.3. The molecule has 0 saturated carbocycles. The SMILES string of the molecule is Cc1nn(-c2ccc(=O)[nH]n2)c2c1C(c1ccc(F)c(Br)c1)CC(=O)N2. The lowest BCUT2D eigenvalue weighted by atomic mass is 9.86. The number of fused-ring (bicyclic) bond motifs is 1. The van der Waals surface area contributed by atoms with Crippen LogP contribution in [0.15, 0.2) is 39.6 Å². The molecule has 1 unspecified atom stereocenters. The molecule has 1 aromatic carbocycles. The van der Waals surface area contributed by atoms with Crippen molar-refractivity contribution in [2.75, 3.05) is 5.32 Å². The van der Waals surface area contributed by atoms with Gasteiger partial charge in [0.2, 0.25) is 5.91 Å². The van der Waals surface area contributed by atoms with Crippen LogP contribution in [-0.4, -0.2) is 25.9 Å². The van der Waals surface area contributed by atoms with E-state index in [0.717, 1.165) is 16.8 Å². The van der Waals surface area contributed by atoms with Gasteiger partial charge >= 0.3 is 0 Å². The maximum absolute atomic E-state index is 13.6. The van der Waals surface area contributed by atoms with Gasteiger partial charge in [-0.25, -0.2) is 9.49 Å². The quantitative estimate of drug-likeness (QED) is 0.670. The summed E-state index contributed by atoms with van der Waals surface area (Å²) < 4.78 is 15.4. The molecule has 0 spiro atoms. The summed E-state index contributed by atoms with van der Waals surface area (Å²) in [6.07, 6.45) is 0.233. The molecule has 2 N–H and O–H groups in total. The fraction of sp³-hybridized carbons (Fsp3) is 0.176. The summed E-state index contributed by atoms with van der Waals surface area (Å²) in [5.74, 6) is 0.0960. The van der Waals surface area contributed by atoms with Gasteiger partial charge in [-0.05, 0) is 46.6 Å². The standard InChI is InChI=1S/C17H13BrFN5O2/c1-8-16-10(9-2-3-12(19)11(18)6-9)7-15(26)20-17(16)24(23-8)13-4-5-14(25)22-21-13/h2-6,10H,7H2,1H3,(H,20,26)(H,22,25). The highest BCUT2D eigenvalue weighted by Crippen LogP contribution is 2.40. The number of rotatable bonds is 2. The molecule has 1 atom stereocenters. The highest BCUT2D eigenvalue weighted by molar-refractivity contribution is 9.10. The lowest BCUT2D eigenvalue weighted by Gasteiger charge is -2.24. The van der Waals surface area contributed by atoms with Gasteiger partial charge in [0.15, 0.2) is 5.82 Å². The Bertz CT molecular complexity index is 1070. The van der Waals surface area contributed by atoms with Crippen LogP contribution in [0.2, 0.25) is 0 Å². The number of nitrogens with zero attached hydrogens (tertiary/aromatic N) is 3. The molecule has 0 aliphatic carbocycles. The van der Waals surface area contributed by atoms with Crippen molar-refractivity contribution in [2.24, 2.45) is 0 Å². The fourth-order valence-corrected chi connectivity index (χ4v) is 3.58. The van der Waals surface area contributed by atoms with Crippen LogP contribution in [0.4, 0.5) is 10.2 Å². The lowest BCUT2D eigenvalue weighted by molar-refractivity contribution is -0.116. The number of amides is 1. The molecule has 132 valence electrons. The van der Waals surface area contributed by atoms with Crippen molar-refractivity contribution in [3.05, 3.63) is 67.8 Å². The summed E-state index contributed by atoms with van der Waals surface area (Å²) in [7, 11) is 0. The van der Waals surface area contributed by atoms with Crippen LogP contribution in [-0.2, 0) is 4.79 Å². The van der Waals surface area contributed by atoms with Crippen molar-refractivity contribution < 1.29 is 9.18 Å². The molecular formula is C17H13BrFN5O2. The summed E-state index contributed by atoms with van der Waals surface area (Å²) in [5.41, 5.74) is 2.05. The van der Waals surface area contributed by atoms with Crippen LogP contribution in [0.1, 0.15) is 29.2 Å². The van der Waals surface area contributed by atoms with Gasteiger partial charge in [0, 0.05) is 24.0 Å². The van der Waals surface area contributed by atoms with Gasteiger partial charge in [0.05, 0.1) is 10.2 Å².